The van der Waals surface area contributed by atoms with E-state index >= 15 is 0 Å². The maximum Gasteiger partial charge on any atom is 0.329 e. The number of fused-ring (bicyclic) bond motifs is 1. The van der Waals surface area contributed by atoms with E-state index < -0.39 is 132 Å². The fraction of sp³-hybridized carbons (Fsp3) is 0.722. The van der Waals surface area contributed by atoms with Gasteiger partial charge in [-0.15, -0.1) is 0 Å². The van der Waals surface area contributed by atoms with Crippen molar-refractivity contribution in [3.05, 3.63) is 29.8 Å². The second-order valence-corrected chi connectivity index (χ2v) is 21.3. The van der Waals surface area contributed by atoms with Gasteiger partial charge in [0.2, 0.25) is 29.5 Å². The van der Waals surface area contributed by atoms with Gasteiger partial charge in [0.25, 0.3) is 0 Å². The molecule has 2 fully saturated rings. The zero-order chi connectivity index (χ0) is 55.7. The zero-order valence-electron chi connectivity index (χ0n) is 46.4. The molecule has 0 radical (unpaired) electrons. The summed E-state index contributed by atoms with van der Waals surface area (Å²) < 4.78 is 17.2. The monoisotopic (exact) mass is 1040 g/mol. The number of carbonyl (C=O) groups excluding carboxylic acids is 9. The number of ether oxygens (including phenoxy) is 3. The first kappa shape index (κ1) is 62.5. The van der Waals surface area contributed by atoms with Gasteiger partial charge in [-0.2, -0.15) is 0 Å². The first-order valence-electron chi connectivity index (χ1n) is 26.5. The molecule has 2 unspecified atom stereocenters. The maximum absolute atomic E-state index is 14.8. The fourth-order valence-corrected chi connectivity index (χ4v) is 9.24. The molecule has 0 aliphatic carbocycles. The second-order valence-electron chi connectivity index (χ2n) is 21.3. The third-order valence-corrected chi connectivity index (χ3v) is 14.1. The Hall–Kier alpha value is -5.79. The third kappa shape index (κ3) is 17.4. The van der Waals surface area contributed by atoms with Crippen LogP contribution in [-0.2, 0) is 54.3 Å². The number of urea groups is 1. The van der Waals surface area contributed by atoms with E-state index in [0.717, 1.165) is 6.42 Å². The number of rotatable bonds is 16. The minimum absolute atomic E-state index is 0.0935. The smallest absolute Gasteiger partial charge is 0.329 e. The highest BCUT2D eigenvalue weighted by molar-refractivity contribution is 6.05. The highest BCUT2D eigenvalue weighted by Gasteiger charge is 2.45. The molecule has 20 nitrogen and oxygen atoms in total. The van der Waals surface area contributed by atoms with Gasteiger partial charge in [0, 0.05) is 33.6 Å². The Morgan fingerprint density at radius 2 is 1.55 bits per heavy atom. The lowest BCUT2D eigenvalue weighted by molar-refractivity contribution is -0.163. The number of aliphatic hydroxyl groups is 1. The minimum atomic E-state index is -1.68. The van der Waals surface area contributed by atoms with Gasteiger partial charge in [0.15, 0.2) is 11.9 Å². The number of hydrogen-bond donors (Lipinski definition) is 5. The molecule has 416 valence electrons. The molecule has 2 aliphatic heterocycles. The molecule has 1 aromatic rings. The maximum atomic E-state index is 14.8. The number of methoxy groups -OCH3 is 1. The lowest BCUT2D eigenvalue weighted by Gasteiger charge is -2.36. The van der Waals surface area contributed by atoms with Gasteiger partial charge in [-0.25, -0.2) is 9.59 Å². The molecule has 3 rings (SSSR count). The number of likely N-dealkylation sites (N-methyl/N-ethyl adjacent to an activating group) is 2. The van der Waals surface area contributed by atoms with Gasteiger partial charge in [0.05, 0.1) is 31.6 Å². The van der Waals surface area contributed by atoms with E-state index in [1.165, 1.54) is 49.8 Å². The summed E-state index contributed by atoms with van der Waals surface area (Å²) in [6.07, 6.45) is -2.40. The Morgan fingerprint density at radius 1 is 0.905 bits per heavy atom. The summed E-state index contributed by atoms with van der Waals surface area (Å²) in [5, 5.41) is 22.9. The predicted molar refractivity (Wildman–Crippen MR) is 277 cm³/mol. The molecule has 11 atom stereocenters. The van der Waals surface area contributed by atoms with E-state index in [9.17, 15) is 48.3 Å². The van der Waals surface area contributed by atoms with Gasteiger partial charge in [0.1, 0.15) is 42.1 Å². The van der Waals surface area contributed by atoms with Gasteiger partial charge >= 0.3 is 18.0 Å². The number of ketones is 1. The van der Waals surface area contributed by atoms with Crippen molar-refractivity contribution < 1.29 is 62.5 Å². The summed E-state index contributed by atoms with van der Waals surface area (Å²) in [6, 6.07) is -1.24. The summed E-state index contributed by atoms with van der Waals surface area (Å²) in [4.78, 5) is 133. The summed E-state index contributed by atoms with van der Waals surface area (Å²) in [5.41, 5.74) is 0.600. The fourth-order valence-electron chi connectivity index (χ4n) is 9.24. The summed E-state index contributed by atoms with van der Waals surface area (Å²) >= 11 is 0. The first-order chi connectivity index (χ1) is 34.8. The number of hydrogen-bond acceptors (Lipinski definition) is 13. The van der Waals surface area contributed by atoms with E-state index in [2.05, 4.69) is 21.3 Å². The standard InChI is InChI=1S/C54H87N7O13/c1-15-17-24-55-54(71)60(13)40(27-31(5)6)49(66)58-45-35(11)73-53(70)41(28-36-20-22-37(72-14)23-21-36)59(12)52(69)39-19-18-25-61(39)51(68)38(26-30(3)4)56-48(65)34(10)46(64)47(32(7)8)74-43(63)29-42(62)44(33(9)16-2)57-50(45)67/h20-23,30-35,38-42,44-45,47,62H,15-19,24-29H2,1-14H3,(H,55,71)(H,56,65)(H,57,67)(H,58,66)/t33-,34-,35+,38-,39?,40+,41-,42-,44?,45-,47-/m0/s1. The van der Waals surface area contributed by atoms with Crippen molar-refractivity contribution in [1.82, 2.24) is 36.0 Å². The first-order valence-corrected chi connectivity index (χ1v) is 26.5. The molecule has 0 aromatic heterocycles. The topological polar surface area (TPSA) is 259 Å². The molecule has 0 spiro atoms. The van der Waals surface area contributed by atoms with E-state index in [1.54, 1.807) is 52.0 Å². The van der Waals surface area contributed by atoms with Crippen molar-refractivity contribution in [2.24, 2.45) is 29.6 Å². The van der Waals surface area contributed by atoms with Crippen LogP contribution in [0.5, 0.6) is 5.75 Å². The van der Waals surface area contributed by atoms with E-state index in [-0.39, 0.29) is 44.1 Å². The number of aliphatic hydroxyl groups excluding tert-OH is 1. The molecular formula is C54H87N7O13. The molecule has 2 aliphatic rings. The quantitative estimate of drug-likeness (QED) is 0.0895. The number of unbranched alkanes of at least 4 members (excludes halogenated alkanes) is 1. The van der Waals surface area contributed by atoms with Gasteiger partial charge in [-0.1, -0.05) is 87.3 Å². The minimum Gasteiger partial charge on any atom is -0.497 e. The van der Waals surface area contributed by atoms with Crippen LogP contribution in [-0.4, -0.2) is 162 Å². The van der Waals surface area contributed by atoms with Crippen LogP contribution in [0.4, 0.5) is 4.79 Å². The highest BCUT2D eigenvalue weighted by Crippen LogP contribution is 2.26. The van der Waals surface area contributed by atoms with Crippen LogP contribution in [0.3, 0.4) is 0 Å². The average Bonchev–Trinajstić information content (AvgIpc) is 3.85. The summed E-state index contributed by atoms with van der Waals surface area (Å²) in [5.74, 6) is -8.49. The number of esters is 2. The molecule has 1 aromatic carbocycles. The van der Waals surface area contributed by atoms with Crippen molar-refractivity contribution in [2.45, 2.75) is 189 Å². The molecule has 0 saturated carbocycles. The number of nitrogens with one attached hydrogen (secondary N) is 4. The normalized spacial score (nSPS) is 26.2. The molecule has 7 amide bonds. The van der Waals surface area contributed by atoms with Crippen LogP contribution in [0.1, 0.15) is 133 Å². The molecule has 20 heteroatoms. The summed E-state index contributed by atoms with van der Waals surface area (Å²) in [6.45, 7) is 19.5. The average molecular weight is 1040 g/mol. The van der Waals surface area contributed by atoms with Gasteiger partial charge in [-0.05, 0) is 87.3 Å². The van der Waals surface area contributed by atoms with Crippen molar-refractivity contribution in [2.75, 3.05) is 34.3 Å². The van der Waals surface area contributed by atoms with Gasteiger partial charge in [-0.3, -0.25) is 33.6 Å². The van der Waals surface area contributed by atoms with Crippen LogP contribution < -0.4 is 26.0 Å². The van der Waals surface area contributed by atoms with Crippen LogP contribution >= 0.6 is 0 Å². The second kappa shape index (κ2) is 29.3. The summed E-state index contributed by atoms with van der Waals surface area (Å²) in [7, 11) is 4.39. The van der Waals surface area contributed by atoms with Crippen molar-refractivity contribution in [3.8, 4) is 5.75 Å². The van der Waals surface area contributed by atoms with Crippen LogP contribution in [0.15, 0.2) is 24.3 Å². The number of Topliss-reactive ketones (excluding diaryl/α,β-unsaturated/α-hetero) is 1. The molecule has 5 N–H and O–H groups in total. The molecule has 74 heavy (non-hydrogen) atoms. The highest BCUT2D eigenvalue weighted by atomic mass is 16.6. The van der Waals surface area contributed by atoms with Crippen molar-refractivity contribution in [1.29, 1.82) is 0 Å². The van der Waals surface area contributed by atoms with E-state index in [4.69, 9.17) is 14.2 Å². The lowest BCUT2D eigenvalue weighted by atomic mass is 9.91. The number of benzene rings is 1. The van der Waals surface area contributed by atoms with Crippen LogP contribution in [0, 0.1) is 29.6 Å². The number of carbonyl (C=O) groups is 9. The molecular weight excluding hydrogens is 955 g/mol. The predicted octanol–water partition coefficient (Wildman–Crippen LogP) is 3.93. The van der Waals surface area contributed by atoms with Crippen LogP contribution in [0.2, 0.25) is 0 Å². The molecule has 2 saturated heterocycles. The van der Waals surface area contributed by atoms with E-state index in [1.807, 2.05) is 34.6 Å². The van der Waals surface area contributed by atoms with Crippen molar-refractivity contribution in [3.63, 3.8) is 0 Å². The third-order valence-electron chi connectivity index (χ3n) is 14.1. The zero-order valence-corrected chi connectivity index (χ0v) is 46.4. The molecule has 0 bridgehead atoms. The largest absolute Gasteiger partial charge is 0.497 e. The van der Waals surface area contributed by atoms with Crippen molar-refractivity contribution >= 4 is 53.3 Å². The van der Waals surface area contributed by atoms with Gasteiger partial charge < -0.3 is 55.3 Å². The number of cyclic esters (lactones) is 2. The Balaban J connectivity index is 2.27. The Morgan fingerprint density at radius 3 is 2.12 bits per heavy atom. The number of amides is 7. The Bertz CT molecular complexity index is 2080. The Kier molecular flexibility index (Phi) is 24.8. The molecule has 2 heterocycles. The van der Waals surface area contributed by atoms with Crippen LogP contribution in [0.25, 0.3) is 0 Å². The number of nitrogens with zero attached hydrogens (tertiary/aromatic N) is 3. The lowest BCUT2D eigenvalue weighted by Crippen LogP contribution is -2.62. The van der Waals surface area contributed by atoms with E-state index in [0.29, 0.717) is 37.1 Å². The Labute approximate surface area is 438 Å². The SMILES string of the molecule is CCCCNC(=O)N(C)[C@H](CC(C)C)C(=O)N[C@@H]1C(=O)NC([C@@H](C)CC)[C@@H](O)CC(=O)O[C@@H](C(C)C)C(=O)[C@H](C)C(=O)N[C@@H](CC(C)C)C(=O)N2CCCC2C(=O)N(C)[C@@H](Cc2ccc(OC)cc2)C(=O)O[C@@H]1C.